The molecule has 0 saturated carbocycles. The van der Waals surface area contributed by atoms with Crippen LogP contribution in [0.4, 0.5) is 19.1 Å². The van der Waals surface area contributed by atoms with E-state index in [-0.39, 0.29) is 17.0 Å². The number of thioether (sulfide) groups is 1. The second-order valence-corrected chi connectivity index (χ2v) is 8.12. The van der Waals surface area contributed by atoms with Crippen molar-refractivity contribution < 1.29 is 22.7 Å². The van der Waals surface area contributed by atoms with Crippen molar-refractivity contribution in [1.82, 2.24) is 20.1 Å². The van der Waals surface area contributed by atoms with Crippen LogP contribution in [0.25, 0.3) is 0 Å². The molecular formula is C16H26F3N5O2S. The third-order valence-corrected chi connectivity index (χ3v) is 5.08. The SMILES string of the molecule is CC(C)CCNC(=O)C(C)Sc1nnc(N2CCOCC2)n1CC(F)(F)F. The van der Waals surface area contributed by atoms with Gasteiger partial charge in [-0.3, -0.25) is 9.36 Å². The number of carbonyl (C=O) groups excluding carboxylic acids is 1. The molecule has 0 aromatic carbocycles. The van der Waals surface area contributed by atoms with Crippen LogP contribution < -0.4 is 10.2 Å². The maximum Gasteiger partial charge on any atom is 0.406 e. The molecule has 1 aromatic heterocycles. The summed E-state index contributed by atoms with van der Waals surface area (Å²) in [7, 11) is 0. The lowest BCUT2D eigenvalue weighted by molar-refractivity contribution is -0.141. The minimum absolute atomic E-state index is 0.0836. The summed E-state index contributed by atoms with van der Waals surface area (Å²) < 4.78 is 45.5. The topological polar surface area (TPSA) is 72.3 Å². The van der Waals surface area contributed by atoms with Gasteiger partial charge >= 0.3 is 6.18 Å². The molecule has 1 aromatic rings. The Hall–Kier alpha value is -1.49. The van der Waals surface area contributed by atoms with Gasteiger partial charge in [-0.15, -0.1) is 10.2 Å². The first-order valence-electron chi connectivity index (χ1n) is 8.94. The van der Waals surface area contributed by atoms with Crippen LogP contribution in [0.1, 0.15) is 27.2 Å². The van der Waals surface area contributed by atoms with E-state index >= 15 is 0 Å². The van der Waals surface area contributed by atoms with E-state index in [1.807, 2.05) is 0 Å². The standard InChI is InChI=1S/C16H26F3N5O2S/c1-11(2)4-5-20-13(25)12(3)27-15-22-21-14(23-6-8-26-9-7-23)24(15)10-16(17,18)19/h11-12H,4-10H2,1-3H3,(H,20,25). The molecule has 1 atom stereocenters. The van der Waals surface area contributed by atoms with Gasteiger partial charge in [-0.1, -0.05) is 25.6 Å². The third kappa shape index (κ3) is 6.87. The van der Waals surface area contributed by atoms with Crippen molar-refractivity contribution in [2.24, 2.45) is 5.92 Å². The summed E-state index contributed by atoms with van der Waals surface area (Å²) in [4.78, 5) is 13.9. The largest absolute Gasteiger partial charge is 0.406 e. The number of aromatic nitrogens is 3. The first kappa shape index (κ1) is 21.8. The number of anilines is 1. The van der Waals surface area contributed by atoms with Gasteiger partial charge in [0.05, 0.1) is 18.5 Å². The zero-order valence-corrected chi connectivity index (χ0v) is 16.6. The van der Waals surface area contributed by atoms with E-state index < -0.39 is 18.0 Å². The van der Waals surface area contributed by atoms with E-state index in [1.54, 1.807) is 11.8 Å². The van der Waals surface area contributed by atoms with Crippen molar-refractivity contribution in [3.63, 3.8) is 0 Å². The maximum absolute atomic E-state index is 13.1. The molecular weight excluding hydrogens is 383 g/mol. The van der Waals surface area contributed by atoms with Crippen LogP contribution in [0, 0.1) is 5.92 Å². The van der Waals surface area contributed by atoms with Crippen LogP contribution in [0.3, 0.4) is 0 Å². The number of halogens is 3. The van der Waals surface area contributed by atoms with Gasteiger partial charge in [0.25, 0.3) is 0 Å². The van der Waals surface area contributed by atoms with Crippen molar-refractivity contribution in [2.45, 2.75) is 50.3 Å². The summed E-state index contributed by atoms with van der Waals surface area (Å²) in [5.41, 5.74) is 0. The summed E-state index contributed by atoms with van der Waals surface area (Å²) in [5.74, 6) is 0.389. The summed E-state index contributed by atoms with van der Waals surface area (Å²) in [6, 6.07) is 0. The molecule has 1 aliphatic heterocycles. The molecule has 11 heteroatoms. The molecule has 1 fully saturated rings. The average Bonchev–Trinajstić information content (AvgIpc) is 2.95. The fraction of sp³-hybridized carbons (Fsp3) is 0.812. The second-order valence-electron chi connectivity index (χ2n) is 6.82. The Kier molecular flexibility index (Phi) is 7.78. The fourth-order valence-electron chi connectivity index (χ4n) is 2.52. The molecule has 0 bridgehead atoms. The molecule has 2 heterocycles. The molecule has 1 N–H and O–H groups in total. The van der Waals surface area contributed by atoms with Crippen molar-refractivity contribution in [3.05, 3.63) is 0 Å². The Labute approximate surface area is 161 Å². The van der Waals surface area contributed by atoms with Crippen molar-refractivity contribution in [3.8, 4) is 0 Å². The number of rotatable bonds is 8. The predicted octanol–water partition coefficient (Wildman–Crippen LogP) is 2.32. The highest BCUT2D eigenvalue weighted by Gasteiger charge is 2.33. The minimum Gasteiger partial charge on any atom is -0.378 e. The molecule has 1 amide bonds. The van der Waals surface area contributed by atoms with Gasteiger partial charge < -0.3 is 15.0 Å². The van der Waals surface area contributed by atoms with Crippen LogP contribution in [-0.4, -0.2) is 64.9 Å². The third-order valence-electron chi connectivity index (χ3n) is 4.00. The number of ether oxygens (including phenoxy) is 1. The molecule has 0 spiro atoms. The van der Waals surface area contributed by atoms with Crippen molar-refractivity contribution in [1.29, 1.82) is 0 Å². The molecule has 2 rings (SSSR count). The zero-order chi connectivity index (χ0) is 20.0. The second kappa shape index (κ2) is 9.63. The van der Waals surface area contributed by atoms with Gasteiger partial charge in [0.2, 0.25) is 11.9 Å². The summed E-state index contributed by atoms with van der Waals surface area (Å²) in [6.07, 6.45) is -3.57. The Bertz CT molecular complexity index is 618. The highest BCUT2D eigenvalue weighted by molar-refractivity contribution is 8.00. The molecule has 1 saturated heterocycles. The number of alkyl halides is 3. The number of amides is 1. The predicted molar refractivity (Wildman–Crippen MR) is 96.9 cm³/mol. The summed E-state index contributed by atoms with van der Waals surface area (Å²) >= 11 is 0.982. The molecule has 0 aliphatic carbocycles. The van der Waals surface area contributed by atoms with Crippen LogP contribution in [0.5, 0.6) is 0 Å². The Morgan fingerprint density at radius 2 is 1.93 bits per heavy atom. The monoisotopic (exact) mass is 409 g/mol. The lowest BCUT2D eigenvalue weighted by Crippen LogP contribution is -2.38. The molecule has 154 valence electrons. The van der Waals surface area contributed by atoms with Crippen molar-refractivity contribution >= 4 is 23.6 Å². The van der Waals surface area contributed by atoms with Gasteiger partial charge in [0.15, 0.2) is 5.16 Å². The van der Waals surface area contributed by atoms with Crippen LogP contribution in [0.2, 0.25) is 0 Å². The van der Waals surface area contributed by atoms with Gasteiger partial charge in [0, 0.05) is 19.6 Å². The van der Waals surface area contributed by atoms with E-state index in [1.165, 1.54) is 0 Å². The Balaban J connectivity index is 2.10. The quantitative estimate of drug-likeness (QED) is 0.665. The minimum atomic E-state index is -4.42. The number of nitrogens with zero attached hydrogens (tertiary/aromatic N) is 4. The highest BCUT2D eigenvalue weighted by atomic mass is 32.2. The van der Waals surface area contributed by atoms with E-state index in [4.69, 9.17) is 4.74 Å². The number of hydrogen-bond donors (Lipinski definition) is 1. The molecule has 27 heavy (non-hydrogen) atoms. The molecule has 0 radical (unpaired) electrons. The fourth-order valence-corrected chi connectivity index (χ4v) is 3.39. The number of nitrogens with one attached hydrogen (secondary N) is 1. The van der Waals surface area contributed by atoms with E-state index in [0.717, 1.165) is 22.7 Å². The van der Waals surface area contributed by atoms with E-state index in [0.29, 0.717) is 38.8 Å². The zero-order valence-electron chi connectivity index (χ0n) is 15.8. The van der Waals surface area contributed by atoms with Gasteiger partial charge in [-0.25, -0.2) is 0 Å². The van der Waals surface area contributed by atoms with Crippen LogP contribution in [-0.2, 0) is 16.1 Å². The van der Waals surface area contributed by atoms with Crippen molar-refractivity contribution in [2.75, 3.05) is 37.7 Å². The molecule has 1 unspecified atom stereocenters. The lowest BCUT2D eigenvalue weighted by Gasteiger charge is -2.28. The number of carbonyl (C=O) groups is 1. The molecule has 7 nitrogen and oxygen atoms in total. The Morgan fingerprint density at radius 3 is 2.52 bits per heavy atom. The van der Waals surface area contributed by atoms with Crippen LogP contribution >= 0.6 is 11.8 Å². The number of morpholine rings is 1. The maximum atomic E-state index is 13.1. The van der Waals surface area contributed by atoms with Gasteiger partial charge in [0.1, 0.15) is 6.54 Å². The van der Waals surface area contributed by atoms with Crippen LogP contribution in [0.15, 0.2) is 5.16 Å². The normalized spacial score (nSPS) is 16.6. The van der Waals surface area contributed by atoms with Gasteiger partial charge in [-0.05, 0) is 19.3 Å². The van der Waals surface area contributed by atoms with E-state index in [9.17, 15) is 18.0 Å². The highest BCUT2D eigenvalue weighted by Crippen LogP contribution is 2.29. The molecule has 1 aliphatic rings. The smallest absolute Gasteiger partial charge is 0.378 e. The average molecular weight is 409 g/mol. The van der Waals surface area contributed by atoms with E-state index in [2.05, 4.69) is 29.4 Å². The lowest BCUT2D eigenvalue weighted by atomic mass is 10.1. The Morgan fingerprint density at radius 1 is 1.26 bits per heavy atom. The number of hydrogen-bond acceptors (Lipinski definition) is 6. The van der Waals surface area contributed by atoms with Gasteiger partial charge in [-0.2, -0.15) is 13.2 Å². The summed E-state index contributed by atoms with van der Waals surface area (Å²) in [6.45, 7) is 6.85. The summed E-state index contributed by atoms with van der Waals surface area (Å²) in [5, 5.41) is 10.2. The first-order chi connectivity index (χ1) is 12.7. The first-order valence-corrected chi connectivity index (χ1v) is 9.82.